The Kier molecular flexibility index (Phi) is 11.4. The zero-order valence-corrected chi connectivity index (χ0v) is 22.8. The molecule has 0 spiro atoms. The van der Waals surface area contributed by atoms with Crippen molar-refractivity contribution in [1.82, 2.24) is 0 Å². The summed E-state index contributed by atoms with van der Waals surface area (Å²) in [5, 5.41) is 34.5. The predicted octanol–water partition coefficient (Wildman–Crippen LogP) is 3.56. The average molecular weight is 533 g/mol. The van der Waals surface area contributed by atoms with Gasteiger partial charge in [-0.25, -0.2) is 4.79 Å². The lowest BCUT2D eigenvalue weighted by Gasteiger charge is -2.29. The molecule has 1 aromatic rings. The number of amides is 2. The third-order valence-electron chi connectivity index (χ3n) is 6.65. The minimum Gasteiger partial charge on any atom is -0.504 e. The highest BCUT2D eigenvalue weighted by Crippen LogP contribution is 2.35. The van der Waals surface area contributed by atoms with Crippen LogP contribution in [0.15, 0.2) is 47.6 Å². The van der Waals surface area contributed by atoms with Crippen LogP contribution in [0, 0.1) is 11.8 Å². The molecule has 0 fully saturated rings. The minimum atomic E-state index is -0.979. The van der Waals surface area contributed by atoms with Crippen LogP contribution in [0.1, 0.15) is 39.7 Å². The molecule has 2 bridgehead atoms. The van der Waals surface area contributed by atoms with Gasteiger partial charge in [0.1, 0.15) is 6.10 Å². The summed E-state index contributed by atoms with van der Waals surface area (Å²) in [6.45, 7) is 7.13. The number of anilines is 1. The van der Waals surface area contributed by atoms with E-state index >= 15 is 0 Å². The van der Waals surface area contributed by atoms with Crippen LogP contribution in [0.5, 0.6) is 11.5 Å². The molecular formula is C28H40N2O8. The van der Waals surface area contributed by atoms with Crippen LogP contribution < -0.4 is 11.1 Å². The molecule has 10 nitrogen and oxygen atoms in total. The Morgan fingerprint density at radius 1 is 1.13 bits per heavy atom. The maximum atomic E-state index is 12.8. The van der Waals surface area contributed by atoms with Crippen molar-refractivity contribution in [2.24, 2.45) is 17.6 Å². The summed E-state index contributed by atoms with van der Waals surface area (Å²) >= 11 is 0. The molecule has 0 saturated heterocycles. The molecule has 0 aromatic heterocycles. The molecule has 6 N–H and O–H groups in total. The van der Waals surface area contributed by atoms with Crippen molar-refractivity contribution >= 4 is 17.7 Å². The van der Waals surface area contributed by atoms with Gasteiger partial charge in [0.05, 0.1) is 12.2 Å². The van der Waals surface area contributed by atoms with Crippen LogP contribution in [0.25, 0.3) is 0 Å². The quantitative estimate of drug-likeness (QED) is 0.224. The number of allylic oxidation sites excluding steroid dienone is 2. The molecule has 1 aliphatic heterocycles. The number of aliphatic hydroxyl groups is 1. The molecule has 1 heterocycles. The summed E-state index contributed by atoms with van der Waals surface area (Å²) < 4.78 is 16.5. The highest BCUT2D eigenvalue weighted by atomic mass is 16.6. The van der Waals surface area contributed by atoms with Crippen molar-refractivity contribution < 1.29 is 39.1 Å². The third kappa shape index (κ3) is 8.34. The van der Waals surface area contributed by atoms with Crippen LogP contribution in [-0.2, 0) is 25.4 Å². The number of carbonyl (C=O) groups is 2. The van der Waals surface area contributed by atoms with E-state index in [9.17, 15) is 24.9 Å². The van der Waals surface area contributed by atoms with Gasteiger partial charge < -0.3 is 40.6 Å². The first kappa shape index (κ1) is 30.9. The van der Waals surface area contributed by atoms with Crippen molar-refractivity contribution in [1.29, 1.82) is 0 Å². The van der Waals surface area contributed by atoms with Gasteiger partial charge in [0, 0.05) is 43.0 Å². The largest absolute Gasteiger partial charge is 0.504 e. The fourth-order valence-corrected chi connectivity index (χ4v) is 4.54. The number of aliphatic hydroxyl groups excluding tert-OH is 1. The van der Waals surface area contributed by atoms with Gasteiger partial charge in [-0.1, -0.05) is 38.2 Å². The number of rotatable bonds is 3. The highest BCUT2D eigenvalue weighted by molar-refractivity contribution is 6.03. The Labute approximate surface area is 223 Å². The van der Waals surface area contributed by atoms with Crippen molar-refractivity contribution in [3.8, 4) is 11.5 Å². The second-order valence-corrected chi connectivity index (χ2v) is 9.83. The van der Waals surface area contributed by atoms with E-state index in [0.29, 0.717) is 35.2 Å². The molecule has 1 aromatic carbocycles. The second kappa shape index (κ2) is 14.0. The Morgan fingerprint density at radius 2 is 1.82 bits per heavy atom. The number of methoxy groups -OCH3 is 2. The van der Waals surface area contributed by atoms with E-state index < -0.39 is 36.4 Å². The lowest BCUT2D eigenvalue weighted by molar-refractivity contribution is -0.112. The van der Waals surface area contributed by atoms with Gasteiger partial charge in [-0.2, -0.15) is 0 Å². The van der Waals surface area contributed by atoms with E-state index in [-0.39, 0.29) is 23.3 Å². The zero-order chi connectivity index (χ0) is 28.6. The maximum absolute atomic E-state index is 12.8. The number of hydrogen-bond acceptors (Lipinski definition) is 8. The number of nitrogens with one attached hydrogen (secondary N) is 1. The van der Waals surface area contributed by atoms with Gasteiger partial charge in [0.15, 0.2) is 17.6 Å². The molecule has 1 aliphatic rings. The normalized spacial score (nSPS) is 31.3. The summed E-state index contributed by atoms with van der Waals surface area (Å²) in [5.41, 5.74) is 7.07. The first-order valence-electron chi connectivity index (χ1n) is 12.5. The first-order chi connectivity index (χ1) is 17.9. The standard InChI is InChI=1S/C28H40N2O8/c1-15-10-19-13-20(14-21(31)25(19)33)30-27(34)16(2)8-7-9-22(36-5)26(38-28(29)35)18(4)12-17(3)24(32)23(11-15)37-6/h7-9,12-15,17,22-24,26,31-33H,10-11H2,1-6H3,(H2,29,35)(H,30,34)/b9-7-,16-8+,18-12+/t15-,17+,22?,23+,24-,26+/m1/s1. The SMILES string of the molecule is COC1/C=C\C=C(/C)C(=O)Nc2cc(O)c(O)c(c2)C[C@@H](C)C[C@H](OC)[C@H](O)[C@@H](C)/C=C(\C)[C@@H]1OC(N)=O. The van der Waals surface area contributed by atoms with Gasteiger partial charge in [0.25, 0.3) is 5.91 Å². The lowest BCUT2D eigenvalue weighted by atomic mass is 9.88. The van der Waals surface area contributed by atoms with Gasteiger partial charge in [0.2, 0.25) is 0 Å². The monoisotopic (exact) mass is 532 g/mol. The van der Waals surface area contributed by atoms with E-state index in [0.717, 1.165) is 0 Å². The zero-order valence-electron chi connectivity index (χ0n) is 22.8. The minimum absolute atomic E-state index is 0.0696. The number of phenols is 2. The van der Waals surface area contributed by atoms with Crippen LogP contribution >= 0.6 is 0 Å². The summed E-state index contributed by atoms with van der Waals surface area (Å²) in [7, 11) is 2.97. The predicted molar refractivity (Wildman–Crippen MR) is 144 cm³/mol. The molecule has 2 amide bonds. The van der Waals surface area contributed by atoms with E-state index in [4.69, 9.17) is 19.9 Å². The maximum Gasteiger partial charge on any atom is 0.405 e. The Hall–Kier alpha value is -3.34. The van der Waals surface area contributed by atoms with Gasteiger partial charge in [-0.3, -0.25) is 4.79 Å². The number of hydrogen-bond donors (Lipinski definition) is 5. The molecule has 1 unspecified atom stereocenters. The van der Waals surface area contributed by atoms with Gasteiger partial charge in [-0.15, -0.1) is 0 Å². The van der Waals surface area contributed by atoms with E-state index in [2.05, 4.69) is 5.32 Å². The van der Waals surface area contributed by atoms with Crippen molar-refractivity contribution in [2.45, 2.75) is 65.0 Å². The molecule has 6 atom stereocenters. The fourth-order valence-electron chi connectivity index (χ4n) is 4.54. The second-order valence-electron chi connectivity index (χ2n) is 9.83. The number of benzene rings is 1. The highest BCUT2D eigenvalue weighted by Gasteiger charge is 2.29. The van der Waals surface area contributed by atoms with E-state index in [1.54, 1.807) is 44.2 Å². The molecule has 38 heavy (non-hydrogen) atoms. The Bertz CT molecular complexity index is 1080. The third-order valence-corrected chi connectivity index (χ3v) is 6.65. The Morgan fingerprint density at radius 3 is 2.42 bits per heavy atom. The summed E-state index contributed by atoms with van der Waals surface area (Å²) in [5.74, 6) is -1.48. The van der Waals surface area contributed by atoms with E-state index in [1.165, 1.54) is 20.3 Å². The smallest absolute Gasteiger partial charge is 0.405 e. The number of phenolic OH excluding ortho intramolecular Hbond substituents is 2. The summed E-state index contributed by atoms with van der Waals surface area (Å²) in [6, 6.07) is 2.89. The molecule has 210 valence electrons. The number of fused-ring (bicyclic) bond motifs is 2. The van der Waals surface area contributed by atoms with Crippen LogP contribution in [0.2, 0.25) is 0 Å². The van der Waals surface area contributed by atoms with Crippen molar-refractivity contribution in [3.05, 3.63) is 53.1 Å². The van der Waals surface area contributed by atoms with Crippen LogP contribution in [0.3, 0.4) is 0 Å². The van der Waals surface area contributed by atoms with Gasteiger partial charge >= 0.3 is 6.09 Å². The van der Waals surface area contributed by atoms with Crippen LogP contribution in [0.4, 0.5) is 10.5 Å². The molecule has 0 aliphatic carbocycles. The fraction of sp³-hybridized carbons (Fsp3) is 0.500. The Balaban J connectivity index is 2.57. The van der Waals surface area contributed by atoms with Crippen molar-refractivity contribution in [2.75, 3.05) is 19.5 Å². The molecule has 2 rings (SSSR count). The molecule has 10 heteroatoms. The number of primary amides is 1. The van der Waals surface area contributed by atoms with Gasteiger partial charge in [-0.05, 0) is 44.2 Å². The number of nitrogens with two attached hydrogens (primary N) is 1. The number of aromatic hydroxyl groups is 2. The lowest BCUT2D eigenvalue weighted by Crippen LogP contribution is -2.37. The van der Waals surface area contributed by atoms with Crippen molar-refractivity contribution in [3.63, 3.8) is 0 Å². The molecule has 0 saturated carbocycles. The van der Waals surface area contributed by atoms with Crippen LogP contribution in [-0.4, -0.2) is 66.0 Å². The molecular weight excluding hydrogens is 492 g/mol. The summed E-state index contributed by atoms with van der Waals surface area (Å²) in [4.78, 5) is 24.4. The summed E-state index contributed by atoms with van der Waals surface area (Å²) in [6.07, 6.45) is 3.34. The molecule has 0 radical (unpaired) electrons. The average Bonchev–Trinajstić information content (AvgIpc) is 2.85. The number of carbonyl (C=O) groups excluding carboxylic acids is 2. The number of ether oxygens (including phenoxy) is 3. The first-order valence-corrected chi connectivity index (χ1v) is 12.5. The van der Waals surface area contributed by atoms with E-state index in [1.807, 2.05) is 13.8 Å². The topological polar surface area (TPSA) is 161 Å².